The first-order chi connectivity index (χ1) is 11.8. The highest BCUT2D eigenvalue weighted by molar-refractivity contribution is 5.82. The summed E-state index contributed by atoms with van der Waals surface area (Å²) in [5.41, 5.74) is 4.09. The van der Waals surface area contributed by atoms with E-state index in [-0.39, 0.29) is 11.3 Å². The van der Waals surface area contributed by atoms with E-state index in [9.17, 15) is 4.79 Å². The highest BCUT2D eigenvalue weighted by Crippen LogP contribution is 2.43. The summed E-state index contributed by atoms with van der Waals surface area (Å²) in [5.74, 6) is 0.133. The molecule has 1 fully saturated rings. The molecule has 1 N–H and O–H groups in total. The number of fused-ring (bicyclic) bond motifs is 1. The molecule has 0 spiro atoms. The predicted octanol–water partition coefficient (Wildman–Crippen LogP) is 3.29. The molecule has 24 heavy (non-hydrogen) atoms. The second-order valence-electron chi connectivity index (χ2n) is 7.08. The molecule has 0 saturated heterocycles. The Morgan fingerprint density at radius 2 is 1.79 bits per heavy atom. The number of rotatable bonds is 5. The zero-order valence-corrected chi connectivity index (χ0v) is 14.0. The Morgan fingerprint density at radius 3 is 2.54 bits per heavy atom. The number of hydrogen-bond acceptors (Lipinski definition) is 2. The number of anilines is 1. The van der Waals surface area contributed by atoms with Crippen LogP contribution in [0.1, 0.15) is 30.4 Å². The first-order valence-corrected chi connectivity index (χ1v) is 8.92. The molecule has 0 radical (unpaired) electrons. The first-order valence-electron chi connectivity index (χ1n) is 8.92. The Labute approximate surface area is 143 Å². The molecule has 2 aromatic rings. The van der Waals surface area contributed by atoms with E-state index in [0.29, 0.717) is 6.54 Å². The maximum absolute atomic E-state index is 12.5. The molecule has 1 heterocycles. The van der Waals surface area contributed by atoms with E-state index in [1.54, 1.807) is 0 Å². The quantitative estimate of drug-likeness (QED) is 0.917. The van der Waals surface area contributed by atoms with E-state index < -0.39 is 0 Å². The monoisotopic (exact) mass is 320 g/mol. The van der Waals surface area contributed by atoms with Gasteiger partial charge in [0.1, 0.15) is 0 Å². The summed E-state index contributed by atoms with van der Waals surface area (Å²) in [6, 6.07) is 19.0. The molecule has 0 aromatic heterocycles. The molecule has 2 aromatic carbocycles. The van der Waals surface area contributed by atoms with Crippen molar-refractivity contribution in [1.82, 2.24) is 5.32 Å². The standard InChI is InChI=1S/C21H24N2O/c24-20(15-23-14-11-17-7-4-5-10-19(17)23)22-16-21(12-6-13-21)18-8-2-1-3-9-18/h1-5,7-10H,6,11-16H2,(H,22,24). The summed E-state index contributed by atoms with van der Waals surface area (Å²) in [5, 5.41) is 3.20. The molecular formula is C21H24N2O. The fraction of sp³-hybridized carbons (Fsp3) is 0.381. The second-order valence-corrected chi connectivity index (χ2v) is 7.08. The van der Waals surface area contributed by atoms with Gasteiger partial charge in [0.15, 0.2) is 0 Å². The Morgan fingerprint density at radius 1 is 1.04 bits per heavy atom. The molecule has 124 valence electrons. The average molecular weight is 320 g/mol. The molecule has 1 aliphatic carbocycles. The van der Waals surface area contributed by atoms with Crippen LogP contribution in [0.15, 0.2) is 54.6 Å². The highest BCUT2D eigenvalue weighted by atomic mass is 16.2. The fourth-order valence-electron chi connectivity index (χ4n) is 4.03. The molecule has 0 unspecified atom stereocenters. The number of nitrogens with one attached hydrogen (secondary N) is 1. The van der Waals surface area contributed by atoms with Crippen LogP contribution in [-0.2, 0) is 16.6 Å². The van der Waals surface area contributed by atoms with Crippen molar-refractivity contribution in [2.24, 2.45) is 0 Å². The van der Waals surface area contributed by atoms with Crippen LogP contribution in [-0.4, -0.2) is 25.5 Å². The summed E-state index contributed by atoms with van der Waals surface area (Å²) < 4.78 is 0. The lowest BCUT2D eigenvalue weighted by atomic mass is 9.64. The van der Waals surface area contributed by atoms with E-state index in [2.05, 4.69) is 58.7 Å². The van der Waals surface area contributed by atoms with Crippen LogP contribution in [0, 0.1) is 0 Å². The fourth-order valence-corrected chi connectivity index (χ4v) is 4.03. The van der Waals surface area contributed by atoms with Crippen LogP contribution < -0.4 is 10.2 Å². The summed E-state index contributed by atoms with van der Waals surface area (Å²) in [6.07, 6.45) is 4.63. The predicted molar refractivity (Wildman–Crippen MR) is 97.3 cm³/mol. The molecule has 4 rings (SSSR count). The van der Waals surface area contributed by atoms with Crippen LogP contribution in [0.3, 0.4) is 0 Å². The summed E-state index contributed by atoms with van der Waals surface area (Å²) in [4.78, 5) is 14.7. The Bertz CT molecular complexity index is 722. The van der Waals surface area contributed by atoms with Gasteiger partial charge in [0.2, 0.25) is 5.91 Å². The van der Waals surface area contributed by atoms with E-state index >= 15 is 0 Å². The van der Waals surface area contributed by atoms with Crippen LogP contribution in [0.5, 0.6) is 0 Å². The van der Waals surface area contributed by atoms with Gasteiger partial charge in [-0.3, -0.25) is 4.79 Å². The van der Waals surface area contributed by atoms with E-state index in [1.165, 1.54) is 36.1 Å². The zero-order chi connectivity index (χ0) is 16.4. The first kappa shape index (κ1) is 15.3. The van der Waals surface area contributed by atoms with Crippen LogP contribution in [0.2, 0.25) is 0 Å². The number of nitrogens with zero attached hydrogens (tertiary/aromatic N) is 1. The minimum Gasteiger partial charge on any atom is -0.362 e. The van der Waals surface area contributed by atoms with Gasteiger partial charge in [-0.2, -0.15) is 0 Å². The van der Waals surface area contributed by atoms with Gasteiger partial charge in [0.05, 0.1) is 6.54 Å². The number of para-hydroxylation sites is 1. The molecule has 1 aliphatic heterocycles. The van der Waals surface area contributed by atoms with Crippen molar-refractivity contribution in [3.05, 3.63) is 65.7 Å². The molecule has 0 atom stereocenters. The molecule has 0 bridgehead atoms. The van der Waals surface area contributed by atoms with Crippen molar-refractivity contribution >= 4 is 11.6 Å². The smallest absolute Gasteiger partial charge is 0.239 e. The number of carbonyl (C=O) groups is 1. The van der Waals surface area contributed by atoms with Crippen molar-refractivity contribution in [2.45, 2.75) is 31.1 Å². The zero-order valence-electron chi connectivity index (χ0n) is 14.0. The Kier molecular flexibility index (Phi) is 4.01. The summed E-state index contributed by atoms with van der Waals surface area (Å²) in [6.45, 7) is 2.16. The summed E-state index contributed by atoms with van der Waals surface area (Å²) in [7, 11) is 0. The number of amides is 1. The lowest BCUT2D eigenvalue weighted by molar-refractivity contribution is -0.120. The third-order valence-corrected chi connectivity index (χ3v) is 5.64. The lowest BCUT2D eigenvalue weighted by Crippen LogP contribution is -2.47. The lowest BCUT2D eigenvalue weighted by Gasteiger charge is -2.42. The maximum Gasteiger partial charge on any atom is 0.239 e. The third kappa shape index (κ3) is 2.79. The van der Waals surface area contributed by atoms with Crippen LogP contribution in [0.4, 0.5) is 5.69 Å². The number of carbonyl (C=O) groups excluding carboxylic acids is 1. The molecule has 1 saturated carbocycles. The summed E-state index contributed by atoms with van der Waals surface area (Å²) >= 11 is 0. The van der Waals surface area contributed by atoms with Crippen molar-refractivity contribution < 1.29 is 4.79 Å². The van der Waals surface area contributed by atoms with Gasteiger partial charge in [-0.25, -0.2) is 0 Å². The van der Waals surface area contributed by atoms with Crippen molar-refractivity contribution in [2.75, 3.05) is 24.5 Å². The van der Waals surface area contributed by atoms with E-state index in [1.807, 2.05) is 6.07 Å². The SMILES string of the molecule is O=C(CN1CCc2ccccc21)NCC1(c2ccccc2)CCC1. The average Bonchev–Trinajstić information content (AvgIpc) is 2.98. The van der Waals surface area contributed by atoms with E-state index in [0.717, 1.165) is 19.5 Å². The molecule has 1 amide bonds. The number of hydrogen-bond donors (Lipinski definition) is 1. The Balaban J connectivity index is 1.37. The molecule has 3 nitrogen and oxygen atoms in total. The van der Waals surface area contributed by atoms with Gasteiger partial charge >= 0.3 is 0 Å². The van der Waals surface area contributed by atoms with Gasteiger partial charge in [-0.05, 0) is 36.5 Å². The minimum absolute atomic E-state index is 0.133. The molecule has 3 heteroatoms. The van der Waals surface area contributed by atoms with Gasteiger partial charge in [0, 0.05) is 24.2 Å². The minimum atomic E-state index is 0.133. The molecule has 2 aliphatic rings. The van der Waals surface area contributed by atoms with Crippen LogP contribution >= 0.6 is 0 Å². The normalized spacial score (nSPS) is 17.9. The maximum atomic E-state index is 12.5. The third-order valence-electron chi connectivity index (χ3n) is 5.64. The van der Waals surface area contributed by atoms with Crippen molar-refractivity contribution in [1.29, 1.82) is 0 Å². The highest BCUT2D eigenvalue weighted by Gasteiger charge is 2.38. The largest absolute Gasteiger partial charge is 0.362 e. The Hall–Kier alpha value is -2.29. The van der Waals surface area contributed by atoms with Gasteiger partial charge in [-0.15, -0.1) is 0 Å². The second kappa shape index (κ2) is 6.31. The topological polar surface area (TPSA) is 32.3 Å². The van der Waals surface area contributed by atoms with Gasteiger partial charge in [0.25, 0.3) is 0 Å². The number of benzene rings is 2. The molecular weight excluding hydrogens is 296 g/mol. The van der Waals surface area contributed by atoms with Crippen LogP contribution in [0.25, 0.3) is 0 Å². The van der Waals surface area contributed by atoms with E-state index in [4.69, 9.17) is 0 Å². The van der Waals surface area contributed by atoms with Crippen molar-refractivity contribution in [3.63, 3.8) is 0 Å². The van der Waals surface area contributed by atoms with Gasteiger partial charge in [-0.1, -0.05) is 55.0 Å². The van der Waals surface area contributed by atoms with Crippen molar-refractivity contribution in [3.8, 4) is 0 Å². The van der Waals surface area contributed by atoms with Gasteiger partial charge < -0.3 is 10.2 Å².